The summed E-state index contributed by atoms with van der Waals surface area (Å²) in [5.41, 5.74) is 1.76. The zero-order valence-corrected chi connectivity index (χ0v) is 15.7. The second-order valence-electron chi connectivity index (χ2n) is 7.07. The highest BCUT2D eigenvalue weighted by Gasteiger charge is 2.26. The van der Waals surface area contributed by atoms with Crippen molar-refractivity contribution in [2.45, 2.75) is 45.8 Å². The lowest BCUT2D eigenvalue weighted by Crippen LogP contribution is -2.45. The third-order valence-corrected chi connectivity index (χ3v) is 5.14. The number of anilines is 1. The van der Waals surface area contributed by atoms with E-state index in [0.29, 0.717) is 17.5 Å². The molecule has 1 fully saturated rings. The van der Waals surface area contributed by atoms with E-state index >= 15 is 0 Å². The van der Waals surface area contributed by atoms with Gasteiger partial charge in [-0.15, -0.1) is 0 Å². The van der Waals surface area contributed by atoms with Crippen LogP contribution < -0.4 is 10.6 Å². The number of aryl methyl sites for hydroxylation is 1. The molecule has 0 bridgehead atoms. The van der Waals surface area contributed by atoms with E-state index < -0.39 is 0 Å². The molecule has 1 saturated heterocycles. The first-order valence-electron chi connectivity index (χ1n) is 8.82. The quantitative estimate of drug-likeness (QED) is 0.797. The van der Waals surface area contributed by atoms with Crippen LogP contribution in [0.5, 0.6) is 0 Å². The Morgan fingerprint density at radius 2 is 2.00 bits per heavy atom. The van der Waals surface area contributed by atoms with Crippen molar-refractivity contribution in [3.8, 4) is 0 Å². The lowest BCUT2D eigenvalue weighted by atomic mass is 9.95. The first-order chi connectivity index (χ1) is 12.0. The van der Waals surface area contributed by atoms with Gasteiger partial charge in [0.2, 0.25) is 0 Å². The van der Waals surface area contributed by atoms with Gasteiger partial charge in [0.15, 0.2) is 0 Å². The number of hydrogen-bond acceptors (Lipinski definition) is 2. The molecule has 0 saturated carbocycles. The van der Waals surface area contributed by atoms with Gasteiger partial charge in [0.05, 0.1) is 11.8 Å². The van der Waals surface area contributed by atoms with Crippen LogP contribution in [0.15, 0.2) is 30.3 Å². The van der Waals surface area contributed by atoms with Crippen molar-refractivity contribution in [1.82, 2.24) is 5.32 Å². The van der Waals surface area contributed by atoms with Gasteiger partial charge in [0, 0.05) is 28.4 Å². The smallest absolute Gasteiger partial charge is 0.319 e. The highest BCUT2D eigenvalue weighted by molar-refractivity contribution is 6.36. The molecule has 2 amide bonds. The van der Waals surface area contributed by atoms with Crippen LogP contribution in [0, 0.1) is 12.8 Å². The fraction of sp³-hybridized carbons (Fsp3) is 0.450. The normalized spacial score (nSPS) is 20.7. The Morgan fingerprint density at radius 1 is 1.28 bits per heavy atom. The van der Waals surface area contributed by atoms with Crippen molar-refractivity contribution in [1.29, 1.82) is 0 Å². The van der Waals surface area contributed by atoms with Gasteiger partial charge in [-0.1, -0.05) is 49.7 Å². The number of nitrogens with one attached hydrogen (secondary N) is 2. The number of rotatable bonds is 3. The molecule has 0 spiro atoms. The number of ether oxygens (including phenoxy) is 1. The third kappa shape index (κ3) is 4.07. The summed E-state index contributed by atoms with van der Waals surface area (Å²) in [4.78, 5) is 12.5. The average Bonchev–Trinajstić information content (AvgIpc) is 2.59. The molecule has 25 heavy (non-hydrogen) atoms. The molecule has 0 aromatic heterocycles. The lowest BCUT2D eigenvalue weighted by Gasteiger charge is -2.32. The Bertz CT molecular complexity index is 776. The van der Waals surface area contributed by atoms with Gasteiger partial charge in [-0.05, 0) is 37.3 Å². The molecule has 0 aliphatic carbocycles. The number of carbonyl (C=O) groups excluding carboxylic acids is 1. The zero-order valence-electron chi connectivity index (χ0n) is 14.9. The molecule has 3 rings (SSSR count). The number of fused-ring (bicyclic) bond motifs is 1. The minimum absolute atomic E-state index is 0.139. The number of halogens is 1. The minimum Gasteiger partial charge on any atom is -0.378 e. The largest absolute Gasteiger partial charge is 0.378 e. The monoisotopic (exact) mass is 360 g/mol. The van der Waals surface area contributed by atoms with Gasteiger partial charge < -0.3 is 15.4 Å². The number of benzene rings is 2. The van der Waals surface area contributed by atoms with Crippen molar-refractivity contribution >= 4 is 34.1 Å². The van der Waals surface area contributed by atoms with Gasteiger partial charge >= 0.3 is 6.03 Å². The van der Waals surface area contributed by atoms with E-state index in [1.165, 1.54) is 0 Å². The molecule has 4 nitrogen and oxygen atoms in total. The SMILES string of the molecule is Cc1cc(Cl)c2ccccc2c1NC(=O)NC1CCOC(C(C)C)C1. The highest BCUT2D eigenvalue weighted by atomic mass is 35.5. The highest BCUT2D eigenvalue weighted by Crippen LogP contribution is 2.33. The maximum atomic E-state index is 12.5. The van der Waals surface area contributed by atoms with Crippen LogP contribution >= 0.6 is 11.6 Å². The Hall–Kier alpha value is -1.78. The molecule has 2 aromatic carbocycles. The van der Waals surface area contributed by atoms with Crippen molar-refractivity contribution in [3.63, 3.8) is 0 Å². The Labute approximate surface area is 153 Å². The predicted molar refractivity (Wildman–Crippen MR) is 103 cm³/mol. The first kappa shape index (κ1) is 18.0. The molecule has 2 aromatic rings. The third-order valence-electron chi connectivity index (χ3n) is 4.82. The summed E-state index contributed by atoms with van der Waals surface area (Å²) in [5, 5.41) is 8.71. The number of amides is 2. The number of hydrogen-bond donors (Lipinski definition) is 2. The first-order valence-corrected chi connectivity index (χ1v) is 9.20. The van der Waals surface area contributed by atoms with Gasteiger partial charge in [0.25, 0.3) is 0 Å². The number of urea groups is 1. The Balaban J connectivity index is 1.74. The van der Waals surface area contributed by atoms with E-state index in [0.717, 1.165) is 34.9 Å². The molecule has 134 valence electrons. The van der Waals surface area contributed by atoms with E-state index in [1.807, 2.05) is 37.3 Å². The van der Waals surface area contributed by atoms with Crippen molar-refractivity contribution in [2.75, 3.05) is 11.9 Å². The van der Waals surface area contributed by atoms with Crippen LogP contribution in [0.1, 0.15) is 32.3 Å². The second kappa shape index (κ2) is 7.63. The Morgan fingerprint density at radius 3 is 2.72 bits per heavy atom. The van der Waals surface area contributed by atoms with E-state index in [1.54, 1.807) is 0 Å². The van der Waals surface area contributed by atoms with E-state index in [-0.39, 0.29) is 18.2 Å². The van der Waals surface area contributed by atoms with Crippen molar-refractivity contribution < 1.29 is 9.53 Å². The average molecular weight is 361 g/mol. The molecule has 2 unspecified atom stereocenters. The maximum Gasteiger partial charge on any atom is 0.319 e. The molecule has 1 heterocycles. The fourth-order valence-electron chi connectivity index (χ4n) is 3.39. The molecule has 1 aliphatic heterocycles. The van der Waals surface area contributed by atoms with Crippen LogP contribution in [0.2, 0.25) is 5.02 Å². The molecule has 2 N–H and O–H groups in total. The maximum absolute atomic E-state index is 12.5. The van der Waals surface area contributed by atoms with Gasteiger partial charge in [0.1, 0.15) is 0 Å². The molecular weight excluding hydrogens is 336 g/mol. The Kier molecular flexibility index (Phi) is 5.50. The van der Waals surface area contributed by atoms with Gasteiger partial charge in [-0.25, -0.2) is 4.79 Å². The van der Waals surface area contributed by atoms with Gasteiger partial charge in [-0.3, -0.25) is 0 Å². The zero-order chi connectivity index (χ0) is 18.0. The molecular formula is C20H25ClN2O2. The predicted octanol–water partition coefficient (Wildman–Crippen LogP) is 5.13. The summed E-state index contributed by atoms with van der Waals surface area (Å²) in [7, 11) is 0. The summed E-state index contributed by atoms with van der Waals surface area (Å²) in [6, 6.07) is 9.70. The summed E-state index contributed by atoms with van der Waals surface area (Å²) in [6.45, 7) is 6.94. The van der Waals surface area contributed by atoms with Crippen LogP contribution in [0.25, 0.3) is 10.8 Å². The lowest BCUT2D eigenvalue weighted by molar-refractivity contribution is -0.0223. The molecule has 5 heteroatoms. The summed E-state index contributed by atoms with van der Waals surface area (Å²) in [6.07, 6.45) is 1.90. The fourth-order valence-corrected chi connectivity index (χ4v) is 3.71. The topological polar surface area (TPSA) is 50.4 Å². The molecule has 2 atom stereocenters. The second-order valence-corrected chi connectivity index (χ2v) is 7.48. The van der Waals surface area contributed by atoms with Crippen LogP contribution in [0.3, 0.4) is 0 Å². The van der Waals surface area contributed by atoms with E-state index in [4.69, 9.17) is 16.3 Å². The summed E-state index contributed by atoms with van der Waals surface area (Å²) in [5.74, 6) is 0.454. The molecule has 0 radical (unpaired) electrons. The summed E-state index contributed by atoms with van der Waals surface area (Å²) >= 11 is 6.33. The van der Waals surface area contributed by atoms with Gasteiger partial charge in [-0.2, -0.15) is 0 Å². The van der Waals surface area contributed by atoms with Crippen molar-refractivity contribution in [3.05, 3.63) is 40.9 Å². The summed E-state index contributed by atoms with van der Waals surface area (Å²) < 4.78 is 5.77. The minimum atomic E-state index is -0.176. The van der Waals surface area contributed by atoms with Crippen molar-refractivity contribution in [2.24, 2.45) is 5.92 Å². The molecule has 1 aliphatic rings. The van der Waals surface area contributed by atoms with Crippen LogP contribution in [-0.4, -0.2) is 24.8 Å². The number of carbonyl (C=O) groups is 1. The van der Waals surface area contributed by atoms with Crippen LogP contribution in [-0.2, 0) is 4.74 Å². The standard InChI is InChI=1S/C20H25ClN2O2/c1-12(2)18-11-14(8-9-25-18)22-20(24)23-19-13(3)10-17(21)15-6-4-5-7-16(15)19/h4-7,10,12,14,18H,8-9,11H2,1-3H3,(H2,22,23,24). The van der Waals surface area contributed by atoms with Crippen LogP contribution in [0.4, 0.5) is 10.5 Å². The van der Waals surface area contributed by atoms with E-state index in [9.17, 15) is 4.79 Å². The van der Waals surface area contributed by atoms with E-state index in [2.05, 4.69) is 24.5 Å².